The van der Waals surface area contributed by atoms with Crippen LogP contribution in [-0.2, 0) is 14.9 Å². The Bertz CT molecular complexity index is 810. The van der Waals surface area contributed by atoms with E-state index in [1.807, 2.05) is 12.1 Å². The minimum Gasteiger partial charge on any atom is -0.493 e. The van der Waals surface area contributed by atoms with E-state index in [1.54, 1.807) is 14.0 Å². The molecule has 2 aromatic rings. The average molecular weight is 328 g/mol. The molecule has 1 saturated carbocycles. The molecule has 0 amide bonds. The van der Waals surface area contributed by atoms with E-state index >= 15 is 0 Å². The van der Waals surface area contributed by atoms with E-state index in [-0.39, 0.29) is 11.9 Å². The molecule has 0 N–H and O–H groups in total. The molecule has 1 aliphatic rings. The van der Waals surface area contributed by atoms with Crippen molar-refractivity contribution in [3.63, 3.8) is 0 Å². The number of esters is 1. The molecule has 0 radical (unpaired) electrons. The summed E-state index contributed by atoms with van der Waals surface area (Å²) in [6, 6.07) is 6.18. The molecule has 6 heteroatoms. The third-order valence-corrected chi connectivity index (χ3v) is 4.94. The van der Waals surface area contributed by atoms with Gasteiger partial charge in [0.1, 0.15) is 5.52 Å². The third-order valence-electron chi connectivity index (χ3n) is 4.94. The molecular weight excluding hydrogens is 308 g/mol. The van der Waals surface area contributed by atoms with Crippen LogP contribution < -0.4 is 4.74 Å². The van der Waals surface area contributed by atoms with Crippen molar-refractivity contribution in [1.29, 1.82) is 5.26 Å². The van der Waals surface area contributed by atoms with Gasteiger partial charge in [0, 0.05) is 12.5 Å². The highest BCUT2D eigenvalue weighted by Crippen LogP contribution is 2.45. The third kappa shape index (κ3) is 2.50. The highest BCUT2D eigenvalue weighted by atomic mass is 16.5. The normalized spacial score (nSPS) is 23.7. The predicted octanol–water partition coefficient (Wildman–Crippen LogP) is 3.27. The summed E-state index contributed by atoms with van der Waals surface area (Å²) in [5.74, 6) is 0.806. The SMILES string of the molecule is COC(=O)C1CCC(C#N)(c2ccc(OC)c3oc(C)nc23)CC1. The topological polar surface area (TPSA) is 85.4 Å². The van der Waals surface area contributed by atoms with Crippen LogP contribution in [0.15, 0.2) is 16.5 Å². The number of benzene rings is 1. The molecule has 1 aromatic carbocycles. The molecule has 0 aliphatic heterocycles. The number of carbonyl (C=O) groups excluding carboxylic acids is 1. The lowest BCUT2D eigenvalue weighted by molar-refractivity contribution is -0.146. The number of oxazole rings is 1. The Labute approximate surface area is 140 Å². The Hall–Kier alpha value is -2.55. The van der Waals surface area contributed by atoms with Crippen molar-refractivity contribution in [3.05, 3.63) is 23.6 Å². The van der Waals surface area contributed by atoms with E-state index in [9.17, 15) is 10.1 Å². The van der Waals surface area contributed by atoms with Crippen LogP contribution in [0, 0.1) is 24.2 Å². The lowest BCUT2D eigenvalue weighted by Crippen LogP contribution is -2.33. The minimum atomic E-state index is -0.668. The largest absolute Gasteiger partial charge is 0.493 e. The van der Waals surface area contributed by atoms with Crippen LogP contribution in [0.5, 0.6) is 5.75 Å². The van der Waals surface area contributed by atoms with Crippen molar-refractivity contribution in [3.8, 4) is 11.8 Å². The zero-order valence-corrected chi connectivity index (χ0v) is 14.1. The number of nitriles is 1. The van der Waals surface area contributed by atoms with E-state index < -0.39 is 5.41 Å². The molecule has 0 spiro atoms. The monoisotopic (exact) mass is 328 g/mol. The fraction of sp³-hybridized carbons (Fsp3) is 0.500. The molecule has 0 unspecified atom stereocenters. The van der Waals surface area contributed by atoms with Crippen LogP contribution in [-0.4, -0.2) is 25.2 Å². The Morgan fingerprint density at radius 3 is 2.67 bits per heavy atom. The second-order valence-electron chi connectivity index (χ2n) is 6.22. The van der Waals surface area contributed by atoms with Crippen molar-refractivity contribution in [2.24, 2.45) is 5.92 Å². The Morgan fingerprint density at radius 2 is 2.08 bits per heavy atom. The molecule has 1 aliphatic carbocycles. The van der Waals surface area contributed by atoms with Gasteiger partial charge in [-0.05, 0) is 31.7 Å². The van der Waals surface area contributed by atoms with E-state index in [0.717, 1.165) is 5.56 Å². The van der Waals surface area contributed by atoms with Crippen LogP contribution in [0.4, 0.5) is 0 Å². The number of fused-ring (bicyclic) bond motifs is 1. The second kappa shape index (κ2) is 6.16. The molecule has 0 atom stereocenters. The number of hydrogen-bond donors (Lipinski definition) is 0. The molecule has 1 aromatic heterocycles. The maximum Gasteiger partial charge on any atom is 0.308 e. The predicted molar refractivity (Wildman–Crippen MR) is 86.6 cm³/mol. The first kappa shape index (κ1) is 16.3. The molecular formula is C18H20N2O4. The van der Waals surface area contributed by atoms with Gasteiger partial charge in [-0.25, -0.2) is 4.98 Å². The first-order valence-corrected chi connectivity index (χ1v) is 7.98. The molecule has 1 fully saturated rings. The summed E-state index contributed by atoms with van der Waals surface area (Å²) in [4.78, 5) is 16.2. The highest BCUT2D eigenvalue weighted by Gasteiger charge is 2.41. The minimum absolute atomic E-state index is 0.135. The first-order valence-electron chi connectivity index (χ1n) is 7.98. The first-order chi connectivity index (χ1) is 11.5. The van der Waals surface area contributed by atoms with Gasteiger partial charge < -0.3 is 13.9 Å². The number of carbonyl (C=O) groups is 1. The van der Waals surface area contributed by atoms with Crippen LogP contribution in [0.3, 0.4) is 0 Å². The summed E-state index contributed by atoms with van der Waals surface area (Å²) >= 11 is 0. The number of rotatable bonds is 3. The van der Waals surface area contributed by atoms with Crippen molar-refractivity contribution in [2.75, 3.05) is 14.2 Å². The molecule has 3 rings (SSSR count). The molecule has 0 bridgehead atoms. The van der Waals surface area contributed by atoms with Gasteiger partial charge in [0.15, 0.2) is 17.2 Å². The maximum absolute atomic E-state index is 11.8. The molecule has 1 heterocycles. The number of aromatic nitrogens is 1. The van der Waals surface area contributed by atoms with Crippen LogP contribution in [0.1, 0.15) is 37.1 Å². The summed E-state index contributed by atoms with van der Waals surface area (Å²) in [6.45, 7) is 1.77. The Kier molecular flexibility index (Phi) is 4.18. The van der Waals surface area contributed by atoms with E-state index in [1.165, 1.54) is 7.11 Å². The quantitative estimate of drug-likeness (QED) is 0.804. The summed E-state index contributed by atoms with van der Waals surface area (Å²) < 4.78 is 15.8. The summed E-state index contributed by atoms with van der Waals surface area (Å²) in [5, 5.41) is 9.91. The smallest absolute Gasteiger partial charge is 0.308 e. The standard InChI is InChI=1S/C18H20N2O4/c1-11-20-15-13(4-5-14(22-2)16(15)24-11)18(10-19)8-6-12(7-9-18)17(21)23-3/h4-5,12H,6-9H2,1-3H3. The van der Waals surface area contributed by atoms with Crippen molar-refractivity contribution in [2.45, 2.75) is 38.0 Å². The zero-order valence-electron chi connectivity index (χ0n) is 14.1. The summed E-state index contributed by atoms with van der Waals surface area (Å²) in [6.07, 6.45) is 2.45. The number of methoxy groups -OCH3 is 2. The van der Waals surface area contributed by atoms with E-state index in [4.69, 9.17) is 13.9 Å². The number of aryl methyl sites for hydroxylation is 1. The van der Waals surface area contributed by atoms with Gasteiger partial charge in [-0.3, -0.25) is 4.79 Å². The molecule has 126 valence electrons. The molecule has 24 heavy (non-hydrogen) atoms. The molecule has 0 saturated heterocycles. The zero-order chi connectivity index (χ0) is 17.3. The van der Waals surface area contributed by atoms with Gasteiger partial charge in [0.05, 0.1) is 31.6 Å². The number of ether oxygens (including phenoxy) is 2. The fourth-order valence-electron chi connectivity index (χ4n) is 3.59. The maximum atomic E-state index is 11.8. The second-order valence-corrected chi connectivity index (χ2v) is 6.22. The lowest BCUT2D eigenvalue weighted by atomic mass is 9.67. The fourth-order valence-corrected chi connectivity index (χ4v) is 3.59. The van der Waals surface area contributed by atoms with Crippen molar-refractivity contribution >= 4 is 17.1 Å². The van der Waals surface area contributed by atoms with Gasteiger partial charge in [0.25, 0.3) is 0 Å². The van der Waals surface area contributed by atoms with Crippen molar-refractivity contribution < 1.29 is 18.7 Å². The number of hydrogen-bond acceptors (Lipinski definition) is 6. The van der Waals surface area contributed by atoms with Gasteiger partial charge in [-0.1, -0.05) is 6.07 Å². The highest BCUT2D eigenvalue weighted by molar-refractivity contribution is 5.84. The van der Waals surface area contributed by atoms with Gasteiger partial charge in [-0.2, -0.15) is 5.26 Å². The van der Waals surface area contributed by atoms with Gasteiger partial charge >= 0.3 is 5.97 Å². The van der Waals surface area contributed by atoms with Crippen molar-refractivity contribution in [1.82, 2.24) is 4.98 Å². The average Bonchev–Trinajstić information content (AvgIpc) is 3.01. The van der Waals surface area contributed by atoms with Crippen LogP contribution in [0.2, 0.25) is 0 Å². The summed E-state index contributed by atoms with van der Waals surface area (Å²) in [5.41, 5.74) is 1.42. The van der Waals surface area contributed by atoms with Gasteiger partial charge in [0.2, 0.25) is 0 Å². The molecule has 6 nitrogen and oxygen atoms in total. The summed E-state index contributed by atoms with van der Waals surface area (Å²) in [7, 11) is 2.98. The lowest BCUT2D eigenvalue weighted by Gasteiger charge is -2.34. The van der Waals surface area contributed by atoms with E-state index in [2.05, 4.69) is 11.1 Å². The Balaban J connectivity index is 2.03. The van der Waals surface area contributed by atoms with Gasteiger partial charge in [-0.15, -0.1) is 0 Å². The Morgan fingerprint density at radius 1 is 1.38 bits per heavy atom. The van der Waals surface area contributed by atoms with E-state index in [0.29, 0.717) is 48.4 Å². The number of nitrogens with zero attached hydrogens (tertiary/aromatic N) is 2. The van der Waals surface area contributed by atoms with Crippen LogP contribution in [0.25, 0.3) is 11.1 Å². The van der Waals surface area contributed by atoms with Crippen LogP contribution >= 0.6 is 0 Å².